The van der Waals surface area contributed by atoms with Gasteiger partial charge < -0.3 is 10.2 Å². The normalized spacial score (nSPS) is 12.2. The molecule has 0 saturated carbocycles. The van der Waals surface area contributed by atoms with E-state index >= 15 is 0 Å². The number of hydrogen-bond acceptors (Lipinski definition) is 4. The molecular weight excluding hydrogens is 276 g/mol. The van der Waals surface area contributed by atoms with E-state index in [9.17, 15) is 4.79 Å². The van der Waals surface area contributed by atoms with E-state index in [2.05, 4.69) is 51.4 Å². The van der Waals surface area contributed by atoms with Crippen molar-refractivity contribution in [2.24, 2.45) is 0 Å². The summed E-state index contributed by atoms with van der Waals surface area (Å²) in [6, 6.07) is 8.49. The molecular formula is C17H22N4O. The average molecular weight is 298 g/mol. The summed E-state index contributed by atoms with van der Waals surface area (Å²) >= 11 is 0. The van der Waals surface area contributed by atoms with Crippen LogP contribution in [0.25, 0.3) is 0 Å². The van der Waals surface area contributed by atoms with Gasteiger partial charge in [0.2, 0.25) is 0 Å². The van der Waals surface area contributed by atoms with Gasteiger partial charge in [0.25, 0.3) is 5.91 Å². The van der Waals surface area contributed by atoms with Crippen molar-refractivity contribution in [2.75, 3.05) is 20.6 Å². The van der Waals surface area contributed by atoms with Gasteiger partial charge in [-0.3, -0.25) is 4.79 Å². The lowest BCUT2D eigenvalue weighted by atomic mass is 10.0. The van der Waals surface area contributed by atoms with Crippen LogP contribution in [0.4, 0.5) is 0 Å². The van der Waals surface area contributed by atoms with Crippen molar-refractivity contribution in [1.82, 2.24) is 20.2 Å². The second-order valence-corrected chi connectivity index (χ2v) is 5.62. The molecule has 1 aromatic heterocycles. The Hall–Kier alpha value is -2.27. The lowest BCUT2D eigenvalue weighted by Crippen LogP contribution is -2.35. The molecule has 5 heteroatoms. The maximum absolute atomic E-state index is 12.3. The Bertz CT molecular complexity index is 637. The smallest absolute Gasteiger partial charge is 0.254 e. The third-order valence-corrected chi connectivity index (χ3v) is 3.70. The van der Waals surface area contributed by atoms with Crippen LogP contribution in [0.1, 0.15) is 33.2 Å². The van der Waals surface area contributed by atoms with E-state index < -0.39 is 0 Å². The molecule has 0 aliphatic carbocycles. The summed E-state index contributed by atoms with van der Waals surface area (Å²) in [6.07, 6.45) is 3.00. The van der Waals surface area contributed by atoms with Crippen molar-refractivity contribution in [1.29, 1.82) is 0 Å². The van der Waals surface area contributed by atoms with Crippen molar-refractivity contribution in [2.45, 2.75) is 19.9 Å². The largest absolute Gasteiger partial charge is 0.350 e. The molecule has 0 saturated heterocycles. The van der Waals surface area contributed by atoms with E-state index in [1.54, 1.807) is 13.1 Å². The van der Waals surface area contributed by atoms with Crippen LogP contribution in [0.5, 0.6) is 0 Å². The Morgan fingerprint density at radius 1 is 1.23 bits per heavy atom. The Morgan fingerprint density at radius 2 is 1.91 bits per heavy atom. The monoisotopic (exact) mass is 298 g/mol. The number of amides is 1. The molecule has 0 spiro atoms. The molecule has 2 rings (SSSR count). The van der Waals surface area contributed by atoms with Crippen molar-refractivity contribution < 1.29 is 4.79 Å². The molecule has 1 atom stereocenters. The first-order valence-electron chi connectivity index (χ1n) is 7.27. The van der Waals surface area contributed by atoms with Crippen molar-refractivity contribution in [3.8, 4) is 0 Å². The minimum atomic E-state index is -0.142. The average Bonchev–Trinajstić information content (AvgIpc) is 2.49. The van der Waals surface area contributed by atoms with E-state index in [0.717, 1.165) is 0 Å². The van der Waals surface area contributed by atoms with Crippen LogP contribution in [0.2, 0.25) is 0 Å². The van der Waals surface area contributed by atoms with Gasteiger partial charge in [0.05, 0.1) is 17.3 Å². The van der Waals surface area contributed by atoms with E-state index in [-0.39, 0.29) is 11.9 Å². The first-order chi connectivity index (χ1) is 10.5. The zero-order chi connectivity index (χ0) is 16.1. The summed E-state index contributed by atoms with van der Waals surface area (Å²) < 4.78 is 0. The number of aromatic nitrogens is 2. The summed E-state index contributed by atoms with van der Waals surface area (Å²) in [5, 5.41) is 2.97. The first kappa shape index (κ1) is 16.1. The molecule has 0 radical (unpaired) electrons. The molecule has 0 fully saturated rings. The van der Waals surface area contributed by atoms with Crippen LogP contribution in [-0.4, -0.2) is 41.4 Å². The summed E-state index contributed by atoms with van der Waals surface area (Å²) in [5.74, 6) is -0.142. The Balaban J connectivity index is 2.08. The van der Waals surface area contributed by atoms with E-state index in [1.807, 2.05) is 14.1 Å². The standard InChI is InChI=1S/C17H22N4O/c1-12-5-7-14(8-6-12)16(21(3)4)10-19-17(22)15-9-18-11-20-13(15)2/h5-9,11,16H,10H2,1-4H3,(H,19,22). The number of carbonyl (C=O) groups excluding carboxylic acids is 1. The van der Waals surface area contributed by atoms with Crippen LogP contribution in [-0.2, 0) is 0 Å². The Labute approximate surface area is 131 Å². The highest BCUT2D eigenvalue weighted by molar-refractivity contribution is 5.94. The Morgan fingerprint density at radius 3 is 2.50 bits per heavy atom. The highest BCUT2D eigenvalue weighted by atomic mass is 16.1. The second kappa shape index (κ2) is 7.13. The van der Waals surface area contributed by atoms with Crippen molar-refractivity contribution in [3.63, 3.8) is 0 Å². The molecule has 1 amide bonds. The van der Waals surface area contributed by atoms with Gasteiger partial charge in [0.1, 0.15) is 6.33 Å². The number of nitrogens with one attached hydrogen (secondary N) is 1. The second-order valence-electron chi connectivity index (χ2n) is 5.62. The van der Waals surface area contributed by atoms with Crippen LogP contribution in [0.3, 0.4) is 0 Å². The SMILES string of the molecule is Cc1ccc(C(CNC(=O)c2cncnc2C)N(C)C)cc1. The quantitative estimate of drug-likeness (QED) is 0.918. The van der Waals surface area contributed by atoms with E-state index in [4.69, 9.17) is 0 Å². The molecule has 1 unspecified atom stereocenters. The molecule has 1 N–H and O–H groups in total. The van der Waals surface area contributed by atoms with E-state index in [1.165, 1.54) is 17.5 Å². The molecule has 5 nitrogen and oxygen atoms in total. The van der Waals surface area contributed by atoms with Gasteiger partial charge in [-0.05, 0) is 33.5 Å². The zero-order valence-corrected chi connectivity index (χ0v) is 13.5. The topological polar surface area (TPSA) is 58.1 Å². The number of carbonyl (C=O) groups is 1. The molecule has 0 bridgehead atoms. The van der Waals surface area contributed by atoms with Gasteiger partial charge in [0.15, 0.2) is 0 Å². The maximum atomic E-state index is 12.3. The number of aryl methyl sites for hydroxylation is 2. The summed E-state index contributed by atoms with van der Waals surface area (Å²) in [6.45, 7) is 4.40. The summed E-state index contributed by atoms with van der Waals surface area (Å²) in [4.78, 5) is 22.3. The van der Waals surface area contributed by atoms with Crippen LogP contribution in [0.15, 0.2) is 36.8 Å². The molecule has 1 aromatic carbocycles. The molecule has 0 aliphatic rings. The van der Waals surface area contributed by atoms with Gasteiger partial charge in [0, 0.05) is 12.7 Å². The van der Waals surface area contributed by atoms with Crippen LogP contribution < -0.4 is 5.32 Å². The minimum Gasteiger partial charge on any atom is -0.350 e. The van der Waals surface area contributed by atoms with Gasteiger partial charge in [-0.1, -0.05) is 29.8 Å². The minimum absolute atomic E-state index is 0.120. The molecule has 1 heterocycles. The van der Waals surface area contributed by atoms with Gasteiger partial charge in [-0.2, -0.15) is 0 Å². The predicted octanol–water partition coefficient (Wildman–Crippen LogP) is 2.13. The van der Waals surface area contributed by atoms with Crippen molar-refractivity contribution in [3.05, 3.63) is 59.2 Å². The number of benzene rings is 1. The molecule has 0 aliphatic heterocycles. The molecule has 116 valence electrons. The maximum Gasteiger partial charge on any atom is 0.254 e. The lowest BCUT2D eigenvalue weighted by Gasteiger charge is -2.25. The fourth-order valence-corrected chi connectivity index (χ4v) is 2.29. The number of likely N-dealkylation sites (N-methyl/N-ethyl adjacent to an activating group) is 1. The zero-order valence-electron chi connectivity index (χ0n) is 13.5. The number of hydrogen-bond donors (Lipinski definition) is 1. The predicted molar refractivity (Wildman–Crippen MR) is 86.7 cm³/mol. The third kappa shape index (κ3) is 3.89. The fraction of sp³-hybridized carbons (Fsp3) is 0.353. The Kier molecular flexibility index (Phi) is 5.22. The van der Waals surface area contributed by atoms with E-state index in [0.29, 0.717) is 17.8 Å². The fourth-order valence-electron chi connectivity index (χ4n) is 2.29. The number of rotatable bonds is 5. The highest BCUT2D eigenvalue weighted by Gasteiger charge is 2.17. The van der Waals surface area contributed by atoms with Crippen LogP contribution >= 0.6 is 0 Å². The molecule has 22 heavy (non-hydrogen) atoms. The third-order valence-electron chi connectivity index (χ3n) is 3.70. The van der Waals surface area contributed by atoms with Crippen LogP contribution in [0, 0.1) is 13.8 Å². The molecule has 2 aromatic rings. The number of nitrogens with zero attached hydrogens (tertiary/aromatic N) is 3. The first-order valence-corrected chi connectivity index (χ1v) is 7.27. The van der Waals surface area contributed by atoms with Gasteiger partial charge in [-0.25, -0.2) is 9.97 Å². The summed E-state index contributed by atoms with van der Waals surface area (Å²) in [7, 11) is 4.01. The van der Waals surface area contributed by atoms with Gasteiger partial charge >= 0.3 is 0 Å². The highest BCUT2D eigenvalue weighted by Crippen LogP contribution is 2.18. The van der Waals surface area contributed by atoms with Crippen molar-refractivity contribution >= 4 is 5.91 Å². The van der Waals surface area contributed by atoms with Gasteiger partial charge in [-0.15, -0.1) is 0 Å². The summed E-state index contributed by atoms with van der Waals surface area (Å²) in [5.41, 5.74) is 3.60. The lowest BCUT2D eigenvalue weighted by molar-refractivity contribution is 0.0940.